The molecule has 3 aromatic rings. The van der Waals surface area contributed by atoms with Gasteiger partial charge in [-0.25, -0.2) is 14.6 Å². The Labute approximate surface area is 177 Å². The zero-order valence-electron chi connectivity index (χ0n) is 17.7. The number of benzene rings is 1. The van der Waals surface area contributed by atoms with Gasteiger partial charge in [0.05, 0.1) is 11.4 Å². The molecule has 2 aromatic heterocycles. The second-order valence-electron chi connectivity index (χ2n) is 8.23. The highest BCUT2D eigenvalue weighted by Gasteiger charge is 2.20. The van der Waals surface area contributed by atoms with Crippen LogP contribution in [0.25, 0.3) is 5.69 Å². The van der Waals surface area contributed by atoms with Crippen molar-refractivity contribution in [3.63, 3.8) is 0 Å². The Balaban J connectivity index is 1.49. The minimum atomic E-state index is 0.232. The van der Waals surface area contributed by atoms with Gasteiger partial charge in [0.2, 0.25) is 0 Å². The van der Waals surface area contributed by atoms with Gasteiger partial charge in [0, 0.05) is 44.1 Å². The van der Waals surface area contributed by atoms with Crippen molar-refractivity contribution in [2.75, 3.05) is 29.9 Å². The van der Waals surface area contributed by atoms with Crippen molar-refractivity contribution in [3.8, 4) is 5.69 Å². The number of nitrogens with one attached hydrogen (secondary N) is 1. The molecule has 4 rings (SSSR count). The van der Waals surface area contributed by atoms with E-state index in [0.717, 1.165) is 54.5 Å². The van der Waals surface area contributed by atoms with Gasteiger partial charge in [-0.1, -0.05) is 32.0 Å². The molecule has 0 bridgehead atoms. The van der Waals surface area contributed by atoms with Crippen LogP contribution in [0.3, 0.4) is 0 Å². The van der Waals surface area contributed by atoms with E-state index in [-0.39, 0.29) is 6.61 Å². The Morgan fingerprint density at radius 3 is 2.80 bits per heavy atom. The van der Waals surface area contributed by atoms with Crippen molar-refractivity contribution in [3.05, 3.63) is 60.2 Å². The first-order chi connectivity index (χ1) is 14.6. The van der Waals surface area contributed by atoms with Crippen molar-refractivity contribution >= 4 is 11.6 Å². The standard InChI is InChI=1S/C23H30N6O/c1-17(2)23-19(14-29(27-23)20-8-4-3-5-9-20)12-24-21-11-22(26-16-25-21)28-10-6-7-18(13-28)15-30/h3-5,8-9,11,14,16-18,30H,6-7,10,12-13,15H2,1-2H3,(H,24,25,26). The Hall–Kier alpha value is -2.93. The molecule has 3 heterocycles. The molecular weight excluding hydrogens is 376 g/mol. The van der Waals surface area contributed by atoms with Crippen LogP contribution in [0.5, 0.6) is 0 Å². The average Bonchev–Trinajstić information content (AvgIpc) is 3.23. The van der Waals surface area contributed by atoms with Crippen LogP contribution in [-0.2, 0) is 6.54 Å². The topological polar surface area (TPSA) is 79.1 Å². The summed E-state index contributed by atoms with van der Waals surface area (Å²) in [6.07, 6.45) is 5.86. The molecule has 1 aliphatic rings. The van der Waals surface area contributed by atoms with E-state index in [4.69, 9.17) is 5.10 Å². The summed E-state index contributed by atoms with van der Waals surface area (Å²) in [4.78, 5) is 11.1. The molecule has 0 amide bonds. The molecule has 0 saturated carbocycles. The van der Waals surface area contributed by atoms with Crippen LogP contribution in [0.15, 0.2) is 48.9 Å². The van der Waals surface area contributed by atoms with Crippen LogP contribution in [0, 0.1) is 5.92 Å². The number of para-hydroxylation sites is 1. The first kappa shape index (κ1) is 20.3. The first-order valence-electron chi connectivity index (χ1n) is 10.7. The summed E-state index contributed by atoms with van der Waals surface area (Å²) in [5.41, 5.74) is 3.30. The summed E-state index contributed by atoms with van der Waals surface area (Å²) in [7, 11) is 0. The van der Waals surface area contributed by atoms with Crippen molar-refractivity contribution in [1.82, 2.24) is 19.7 Å². The van der Waals surface area contributed by atoms with Crippen molar-refractivity contribution < 1.29 is 5.11 Å². The zero-order chi connectivity index (χ0) is 20.9. The maximum atomic E-state index is 9.50. The molecule has 1 saturated heterocycles. The van der Waals surface area contributed by atoms with Gasteiger partial charge in [-0.15, -0.1) is 0 Å². The lowest BCUT2D eigenvalue weighted by molar-refractivity contribution is 0.208. The highest BCUT2D eigenvalue weighted by Crippen LogP contribution is 2.24. The van der Waals surface area contributed by atoms with Gasteiger partial charge in [0.1, 0.15) is 18.0 Å². The maximum Gasteiger partial charge on any atom is 0.134 e. The summed E-state index contributed by atoms with van der Waals surface area (Å²) in [5.74, 6) is 2.36. The fourth-order valence-corrected chi connectivity index (χ4v) is 3.98. The van der Waals surface area contributed by atoms with Gasteiger partial charge in [0.15, 0.2) is 0 Å². The van der Waals surface area contributed by atoms with Crippen LogP contribution in [0.2, 0.25) is 0 Å². The first-order valence-corrected chi connectivity index (χ1v) is 10.7. The van der Waals surface area contributed by atoms with Gasteiger partial charge < -0.3 is 15.3 Å². The van der Waals surface area contributed by atoms with E-state index in [1.54, 1.807) is 6.33 Å². The number of rotatable bonds is 7. The second kappa shape index (κ2) is 9.26. The van der Waals surface area contributed by atoms with E-state index in [9.17, 15) is 5.11 Å². The second-order valence-corrected chi connectivity index (χ2v) is 8.23. The maximum absolute atomic E-state index is 9.50. The fourth-order valence-electron chi connectivity index (χ4n) is 3.98. The number of nitrogens with zero attached hydrogens (tertiary/aromatic N) is 5. The van der Waals surface area contributed by atoms with Gasteiger partial charge in [0.25, 0.3) is 0 Å². The Bertz CT molecular complexity index is 955. The molecule has 1 atom stereocenters. The summed E-state index contributed by atoms with van der Waals surface area (Å²) < 4.78 is 1.94. The van der Waals surface area contributed by atoms with Crippen LogP contribution >= 0.6 is 0 Å². The number of piperidine rings is 1. The smallest absolute Gasteiger partial charge is 0.134 e. The van der Waals surface area contributed by atoms with E-state index >= 15 is 0 Å². The largest absolute Gasteiger partial charge is 0.396 e. The van der Waals surface area contributed by atoms with Gasteiger partial charge in [-0.2, -0.15) is 5.10 Å². The lowest BCUT2D eigenvalue weighted by Gasteiger charge is -2.32. The van der Waals surface area contributed by atoms with Gasteiger partial charge in [-0.3, -0.25) is 0 Å². The van der Waals surface area contributed by atoms with Crippen LogP contribution in [-0.4, -0.2) is 44.6 Å². The third kappa shape index (κ3) is 4.62. The number of hydrogen-bond donors (Lipinski definition) is 2. The Morgan fingerprint density at radius 1 is 1.20 bits per heavy atom. The SMILES string of the molecule is CC(C)c1nn(-c2ccccc2)cc1CNc1cc(N2CCCC(CO)C2)ncn1. The van der Waals surface area contributed by atoms with Crippen molar-refractivity contribution in [2.45, 2.75) is 39.2 Å². The van der Waals surface area contributed by atoms with Crippen molar-refractivity contribution in [1.29, 1.82) is 0 Å². The normalized spacial score (nSPS) is 16.8. The van der Waals surface area contributed by atoms with E-state index in [1.165, 1.54) is 0 Å². The fraction of sp³-hybridized carbons (Fsp3) is 0.435. The van der Waals surface area contributed by atoms with E-state index < -0.39 is 0 Å². The summed E-state index contributed by atoms with van der Waals surface area (Å²) in [5, 5.41) is 17.8. The van der Waals surface area contributed by atoms with Gasteiger partial charge in [-0.05, 0) is 36.8 Å². The molecule has 1 fully saturated rings. The van der Waals surface area contributed by atoms with Crippen LogP contribution in [0.1, 0.15) is 43.9 Å². The van der Waals surface area contributed by atoms with Crippen LogP contribution in [0.4, 0.5) is 11.6 Å². The quantitative estimate of drug-likeness (QED) is 0.624. The number of aliphatic hydroxyl groups excluding tert-OH is 1. The van der Waals surface area contributed by atoms with E-state index in [2.05, 4.69) is 52.4 Å². The Kier molecular flexibility index (Phi) is 6.28. The highest BCUT2D eigenvalue weighted by atomic mass is 16.3. The third-order valence-electron chi connectivity index (χ3n) is 5.60. The number of aliphatic hydroxyl groups is 1. The predicted octanol–water partition coefficient (Wildman–Crippen LogP) is 3.61. The molecule has 7 nitrogen and oxygen atoms in total. The van der Waals surface area contributed by atoms with Gasteiger partial charge >= 0.3 is 0 Å². The molecule has 1 aliphatic heterocycles. The molecule has 1 unspecified atom stereocenters. The van der Waals surface area contributed by atoms with E-state index in [1.807, 2.05) is 28.9 Å². The molecule has 0 aliphatic carbocycles. The molecule has 7 heteroatoms. The third-order valence-corrected chi connectivity index (χ3v) is 5.60. The number of anilines is 2. The predicted molar refractivity (Wildman–Crippen MR) is 119 cm³/mol. The minimum Gasteiger partial charge on any atom is -0.396 e. The van der Waals surface area contributed by atoms with E-state index in [0.29, 0.717) is 18.4 Å². The summed E-state index contributed by atoms with van der Waals surface area (Å²) in [6.45, 7) is 7.02. The lowest BCUT2D eigenvalue weighted by Crippen LogP contribution is -2.37. The molecule has 158 valence electrons. The van der Waals surface area contributed by atoms with Crippen molar-refractivity contribution in [2.24, 2.45) is 5.92 Å². The lowest BCUT2D eigenvalue weighted by atomic mass is 9.99. The molecule has 30 heavy (non-hydrogen) atoms. The summed E-state index contributed by atoms with van der Waals surface area (Å²) >= 11 is 0. The monoisotopic (exact) mass is 406 g/mol. The Morgan fingerprint density at radius 2 is 2.03 bits per heavy atom. The molecule has 0 radical (unpaired) electrons. The average molecular weight is 407 g/mol. The van der Waals surface area contributed by atoms with Crippen LogP contribution < -0.4 is 10.2 Å². The highest BCUT2D eigenvalue weighted by molar-refractivity contribution is 5.49. The number of hydrogen-bond acceptors (Lipinski definition) is 6. The number of aromatic nitrogens is 4. The zero-order valence-corrected chi connectivity index (χ0v) is 17.7. The molecule has 0 spiro atoms. The summed E-state index contributed by atoms with van der Waals surface area (Å²) in [6, 6.07) is 12.2. The molecular formula is C23H30N6O. The molecule has 1 aromatic carbocycles. The molecule has 2 N–H and O–H groups in total. The minimum absolute atomic E-state index is 0.232.